The van der Waals surface area contributed by atoms with Crippen molar-refractivity contribution in [2.24, 2.45) is 0 Å². The van der Waals surface area contributed by atoms with Crippen LogP contribution in [0.4, 0.5) is 0 Å². The van der Waals surface area contributed by atoms with Crippen LogP contribution in [-0.2, 0) is 9.47 Å². The Bertz CT molecular complexity index is 811. The quantitative estimate of drug-likeness (QED) is 0.252. The first kappa shape index (κ1) is 27.2. The Labute approximate surface area is 193 Å². The molecule has 1 aromatic rings. The highest BCUT2D eigenvalue weighted by Crippen LogP contribution is 2.26. The van der Waals surface area contributed by atoms with E-state index in [4.69, 9.17) is 9.47 Å². The highest BCUT2D eigenvalue weighted by atomic mass is 16.6. The monoisotopic (exact) mass is 438 g/mol. The summed E-state index contributed by atoms with van der Waals surface area (Å²) >= 11 is 0. The summed E-state index contributed by atoms with van der Waals surface area (Å²) in [5.74, 6) is -1.16. The summed E-state index contributed by atoms with van der Waals surface area (Å²) in [6.07, 6.45) is 10.1. The number of rotatable bonds is 12. The Morgan fingerprint density at radius 2 is 1.12 bits per heavy atom. The van der Waals surface area contributed by atoms with E-state index in [0.717, 1.165) is 12.8 Å². The van der Waals surface area contributed by atoms with Gasteiger partial charge in [-0.25, -0.2) is 9.59 Å². The van der Waals surface area contributed by atoms with Crippen molar-refractivity contribution in [1.29, 1.82) is 0 Å². The Kier molecular flexibility index (Phi) is 10.4. The topological polar surface area (TPSA) is 52.6 Å². The molecule has 0 bridgehead atoms. The van der Waals surface area contributed by atoms with Crippen molar-refractivity contribution in [3.63, 3.8) is 0 Å². The molecule has 174 valence electrons. The first-order valence-corrected chi connectivity index (χ1v) is 11.0. The second-order valence-corrected chi connectivity index (χ2v) is 9.00. The third kappa shape index (κ3) is 8.70. The highest BCUT2D eigenvalue weighted by molar-refractivity contribution is 6.03. The lowest BCUT2D eigenvalue weighted by molar-refractivity contribution is 0.00345. The van der Waals surface area contributed by atoms with Crippen LogP contribution >= 0.6 is 0 Å². The van der Waals surface area contributed by atoms with E-state index in [9.17, 15) is 9.59 Å². The maximum Gasteiger partial charge on any atom is 0.339 e. The summed E-state index contributed by atoms with van der Waals surface area (Å²) in [6, 6.07) is 6.55. The number of esters is 2. The lowest BCUT2D eigenvalue weighted by Gasteiger charge is -2.27. The van der Waals surface area contributed by atoms with Gasteiger partial charge in [-0.15, -0.1) is 0 Å². The van der Waals surface area contributed by atoms with Gasteiger partial charge in [-0.1, -0.05) is 48.6 Å². The Morgan fingerprint density at radius 3 is 1.41 bits per heavy atom. The molecule has 0 amide bonds. The minimum atomic E-state index is -0.847. The fourth-order valence-electron chi connectivity index (χ4n) is 3.06. The molecule has 0 radical (unpaired) electrons. The summed E-state index contributed by atoms with van der Waals surface area (Å²) in [7, 11) is 0. The second kappa shape index (κ2) is 12.2. The van der Waals surface area contributed by atoms with Gasteiger partial charge in [0.25, 0.3) is 0 Å². The van der Waals surface area contributed by atoms with Crippen LogP contribution in [0.3, 0.4) is 0 Å². The Hall–Kier alpha value is -2.88. The number of carbonyl (C=O) groups is 2. The number of benzene rings is 1. The van der Waals surface area contributed by atoms with Gasteiger partial charge in [0.2, 0.25) is 0 Å². The number of ether oxygens (including phenoxy) is 2. The van der Waals surface area contributed by atoms with E-state index >= 15 is 0 Å². The first-order valence-electron chi connectivity index (χ1n) is 11.0. The van der Waals surface area contributed by atoms with E-state index < -0.39 is 23.1 Å². The van der Waals surface area contributed by atoms with Crippen LogP contribution in [-0.4, -0.2) is 23.1 Å². The molecular weight excluding hydrogens is 400 g/mol. The first-order chi connectivity index (χ1) is 14.9. The third-order valence-electron chi connectivity index (χ3n) is 5.27. The molecule has 0 aromatic heterocycles. The summed E-state index contributed by atoms with van der Waals surface area (Å²) in [4.78, 5) is 26.0. The van der Waals surface area contributed by atoms with Crippen molar-refractivity contribution in [3.8, 4) is 0 Å². The molecule has 0 N–H and O–H groups in total. The molecule has 0 aliphatic rings. The average molecular weight is 439 g/mol. The van der Waals surface area contributed by atoms with Gasteiger partial charge in [0, 0.05) is 0 Å². The van der Waals surface area contributed by atoms with Crippen molar-refractivity contribution in [2.45, 2.75) is 78.4 Å². The largest absolute Gasteiger partial charge is 0.452 e. The van der Waals surface area contributed by atoms with Crippen LogP contribution in [0.15, 0.2) is 72.9 Å². The molecule has 4 nitrogen and oxygen atoms in total. The van der Waals surface area contributed by atoms with Crippen molar-refractivity contribution < 1.29 is 19.1 Å². The molecule has 0 saturated heterocycles. The van der Waals surface area contributed by atoms with Gasteiger partial charge < -0.3 is 9.47 Å². The molecule has 0 heterocycles. The predicted octanol–water partition coefficient (Wildman–Crippen LogP) is 7.38. The smallest absolute Gasteiger partial charge is 0.339 e. The molecule has 32 heavy (non-hydrogen) atoms. The molecule has 0 spiro atoms. The zero-order valence-corrected chi connectivity index (χ0v) is 20.5. The fraction of sp³-hybridized carbons (Fsp3) is 0.429. The zero-order valence-electron chi connectivity index (χ0n) is 20.5. The van der Waals surface area contributed by atoms with Gasteiger partial charge in [0.15, 0.2) is 0 Å². The van der Waals surface area contributed by atoms with Gasteiger partial charge in [0.1, 0.15) is 11.2 Å². The summed E-state index contributed by atoms with van der Waals surface area (Å²) < 4.78 is 11.5. The molecule has 0 saturated carbocycles. The van der Waals surface area contributed by atoms with Crippen LogP contribution in [0.2, 0.25) is 0 Å². The van der Waals surface area contributed by atoms with E-state index in [0.29, 0.717) is 12.8 Å². The number of allylic oxidation sites excluding steroid dienone is 4. The van der Waals surface area contributed by atoms with E-state index in [1.807, 2.05) is 41.5 Å². The van der Waals surface area contributed by atoms with Crippen LogP contribution in [0.1, 0.15) is 87.9 Å². The highest BCUT2D eigenvalue weighted by Gasteiger charge is 2.30. The van der Waals surface area contributed by atoms with Gasteiger partial charge in [-0.3, -0.25) is 0 Å². The third-order valence-corrected chi connectivity index (χ3v) is 5.27. The molecule has 0 aliphatic carbocycles. The van der Waals surface area contributed by atoms with Crippen LogP contribution in [0.5, 0.6) is 0 Å². The van der Waals surface area contributed by atoms with Gasteiger partial charge in [-0.2, -0.15) is 0 Å². The molecule has 2 unspecified atom stereocenters. The maximum atomic E-state index is 13.0. The number of hydrogen-bond acceptors (Lipinski definition) is 4. The number of hydrogen-bond donors (Lipinski definition) is 0. The van der Waals surface area contributed by atoms with E-state index in [-0.39, 0.29) is 11.1 Å². The summed E-state index contributed by atoms with van der Waals surface area (Å²) in [5.41, 5.74) is 1.04. The van der Waals surface area contributed by atoms with Crippen molar-refractivity contribution in [3.05, 3.63) is 84.0 Å². The second-order valence-electron chi connectivity index (χ2n) is 9.00. The van der Waals surface area contributed by atoms with Crippen LogP contribution in [0.25, 0.3) is 0 Å². The van der Waals surface area contributed by atoms with Crippen LogP contribution < -0.4 is 0 Å². The minimum Gasteiger partial charge on any atom is -0.452 e. The molecule has 2 atom stereocenters. The standard InChI is InChI=1S/C28H38O4/c1-9-27(7,19-13-15-21(3)4)31-25(29)23-17-11-12-18-24(23)26(30)32-28(8,10-2)20-14-16-22(5)6/h9-12,15-18H,1-2,13-14,19-20H2,3-8H3. The van der Waals surface area contributed by atoms with Crippen LogP contribution in [0, 0.1) is 0 Å². The Balaban J connectivity index is 3.04. The molecule has 4 heteroatoms. The predicted molar refractivity (Wildman–Crippen MR) is 132 cm³/mol. The van der Waals surface area contributed by atoms with E-state index in [2.05, 4.69) is 25.3 Å². The molecule has 1 rings (SSSR count). The summed E-state index contributed by atoms with van der Waals surface area (Å²) in [6.45, 7) is 19.4. The molecule has 0 aliphatic heterocycles. The van der Waals surface area contributed by atoms with Gasteiger partial charge in [-0.05, 0) is 91.5 Å². The van der Waals surface area contributed by atoms with Crippen molar-refractivity contribution >= 4 is 11.9 Å². The minimum absolute atomic E-state index is 0.170. The fourth-order valence-corrected chi connectivity index (χ4v) is 3.06. The number of carbonyl (C=O) groups excluding carboxylic acids is 2. The molecule has 1 aromatic carbocycles. The SMILES string of the molecule is C=CC(C)(CCC=C(C)C)OC(=O)c1ccccc1C(=O)OC(C)(C=C)CCC=C(C)C. The van der Waals surface area contributed by atoms with Gasteiger partial charge >= 0.3 is 11.9 Å². The molecular formula is C28H38O4. The zero-order chi connectivity index (χ0) is 24.4. The maximum absolute atomic E-state index is 13.0. The van der Waals surface area contributed by atoms with Gasteiger partial charge in [0.05, 0.1) is 11.1 Å². The lowest BCUT2D eigenvalue weighted by atomic mass is 9.98. The molecule has 0 fully saturated rings. The Morgan fingerprint density at radius 1 is 0.781 bits per heavy atom. The van der Waals surface area contributed by atoms with Crippen molar-refractivity contribution in [1.82, 2.24) is 0 Å². The van der Waals surface area contributed by atoms with E-state index in [1.54, 1.807) is 36.4 Å². The van der Waals surface area contributed by atoms with E-state index in [1.165, 1.54) is 11.1 Å². The van der Waals surface area contributed by atoms with Crippen molar-refractivity contribution in [2.75, 3.05) is 0 Å². The summed E-state index contributed by atoms with van der Waals surface area (Å²) in [5, 5.41) is 0. The normalized spacial score (nSPS) is 14.2. The average Bonchev–Trinajstić information content (AvgIpc) is 2.73. The lowest BCUT2D eigenvalue weighted by Crippen LogP contribution is -2.32.